The molecule has 7 aromatic rings. The van der Waals surface area contributed by atoms with Gasteiger partial charge in [-0.25, -0.2) is 9.98 Å². The van der Waals surface area contributed by atoms with Gasteiger partial charge in [0.1, 0.15) is 0 Å². The van der Waals surface area contributed by atoms with E-state index in [1.807, 2.05) is 0 Å². The Balaban J connectivity index is 1.11. The summed E-state index contributed by atoms with van der Waals surface area (Å²) >= 11 is 0. The highest BCUT2D eigenvalue weighted by molar-refractivity contribution is 6.10. The van der Waals surface area contributed by atoms with Crippen LogP contribution in [0.2, 0.25) is 0 Å². The number of rotatable bonds is 7. The topological polar surface area (TPSA) is 24.7 Å². The molecule has 1 spiro atoms. The van der Waals surface area contributed by atoms with Crippen molar-refractivity contribution in [2.24, 2.45) is 15.9 Å². The first-order valence-corrected chi connectivity index (χ1v) is 21.8. The molecule has 0 saturated carbocycles. The molecule has 1 atom stereocenters. The van der Waals surface area contributed by atoms with Crippen molar-refractivity contribution >= 4 is 22.8 Å². The van der Waals surface area contributed by atoms with E-state index < -0.39 is 5.41 Å². The maximum Gasteiger partial charge on any atom is 0.159 e. The molecule has 0 aliphatic heterocycles. The van der Waals surface area contributed by atoms with Crippen LogP contribution < -0.4 is 0 Å². The van der Waals surface area contributed by atoms with E-state index in [-0.39, 0.29) is 11.3 Å². The highest BCUT2D eigenvalue weighted by Crippen LogP contribution is 2.63. The van der Waals surface area contributed by atoms with E-state index in [9.17, 15) is 0 Å². The summed E-state index contributed by atoms with van der Waals surface area (Å²) in [4.78, 5) is 10.9. The highest BCUT2D eigenvalue weighted by Gasteiger charge is 2.53. The van der Waals surface area contributed by atoms with Gasteiger partial charge in [-0.1, -0.05) is 215 Å². The third kappa shape index (κ3) is 6.32. The van der Waals surface area contributed by atoms with Crippen molar-refractivity contribution in [3.63, 3.8) is 0 Å². The second-order valence-corrected chi connectivity index (χ2v) is 17.0. The summed E-state index contributed by atoms with van der Waals surface area (Å²) in [7, 11) is 0. The number of nitrogens with zero attached hydrogens (tertiary/aromatic N) is 2. The third-order valence-electron chi connectivity index (χ3n) is 13.3. The fourth-order valence-corrected chi connectivity index (χ4v) is 10.5. The molecule has 61 heavy (non-hydrogen) atoms. The lowest BCUT2D eigenvalue weighted by molar-refractivity contribution is 0.565. The van der Waals surface area contributed by atoms with Crippen LogP contribution in [0.4, 0.5) is 0 Å². The smallest absolute Gasteiger partial charge is 0.159 e. The molecular weight excluding hydrogens is 737 g/mol. The van der Waals surface area contributed by atoms with Crippen LogP contribution in [0.5, 0.6) is 0 Å². The van der Waals surface area contributed by atoms with E-state index in [1.54, 1.807) is 0 Å². The fourth-order valence-electron chi connectivity index (χ4n) is 10.5. The minimum atomic E-state index is -0.439. The molecule has 0 radical (unpaired) electrons. The zero-order chi connectivity index (χ0) is 41.6. The molecule has 0 heterocycles. The van der Waals surface area contributed by atoms with Crippen LogP contribution in [0, 0.1) is 5.92 Å². The van der Waals surface area contributed by atoms with Gasteiger partial charge in [0, 0.05) is 28.2 Å². The Morgan fingerprint density at radius 1 is 0.574 bits per heavy atom. The lowest BCUT2D eigenvalue weighted by atomic mass is 9.54. The van der Waals surface area contributed by atoms with Crippen LogP contribution in [0.3, 0.4) is 0 Å². The van der Waals surface area contributed by atoms with Crippen molar-refractivity contribution in [3.8, 4) is 22.3 Å². The summed E-state index contributed by atoms with van der Waals surface area (Å²) in [6.45, 7) is 9.12. The summed E-state index contributed by atoms with van der Waals surface area (Å²) in [5.41, 5.74) is 19.1. The van der Waals surface area contributed by atoms with Gasteiger partial charge in [-0.05, 0) is 92.6 Å². The number of hydrogen-bond acceptors (Lipinski definition) is 1. The largest absolute Gasteiger partial charge is 0.237 e. The Labute approximate surface area is 361 Å². The first-order valence-electron chi connectivity index (χ1n) is 21.8. The number of amidine groups is 1. The monoisotopic (exact) mass is 786 g/mol. The van der Waals surface area contributed by atoms with Crippen molar-refractivity contribution in [2.45, 2.75) is 51.4 Å². The Hall–Kier alpha value is -6.90. The number of allylic oxidation sites excluding steroid dienone is 5. The van der Waals surface area contributed by atoms with Crippen LogP contribution in [-0.2, 0) is 10.8 Å². The minimum Gasteiger partial charge on any atom is -0.237 e. The predicted octanol–water partition coefficient (Wildman–Crippen LogP) is 14.7. The number of benzene rings is 7. The van der Waals surface area contributed by atoms with Gasteiger partial charge in [0.2, 0.25) is 0 Å². The maximum absolute atomic E-state index is 5.43. The van der Waals surface area contributed by atoms with Gasteiger partial charge in [-0.15, -0.1) is 0 Å². The molecule has 7 aromatic carbocycles. The van der Waals surface area contributed by atoms with E-state index in [0.717, 1.165) is 41.2 Å². The van der Waals surface area contributed by atoms with Gasteiger partial charge in [-0.2, -0.15) is 0 Å². The summed E-state index contributed by atoms with van der Waals surface area (Å²) in [5, 5.41) is 0. The fraction of sp³-hybridized carbons (Fsp3) is 0.153. The van der Waals surface area contributed by atoms with Gasteiger partial charge in [-0.3, -0.25) is 0 Å². The van der Waals surface area contributed by atoms with E-state index in [1.165, 1.54) is 66.8 Å². The number of fused-ring (bicyclic) bond motifs is 9. The predicted molar refractivity (Wildman–Crippen MR) is 257 cm³/mol. The first-order chi connectivity index (χ1) is 29.9. The molecule has 1 unspecified atom stereocenters. The summed E-state index contributed by atoms with van der Waals surface area (Å²) in [5.74, 6) is 0.923. The quantitative estimate of drug-likeness (QED) is 0.114. The number of aliphatic imine (C=N–C) groups is 2. The van der Waals surface area contributed by atoms with Gasteiger partial charge in [0.25, 0.3) is 0 Å². The van der Waals surface area contributed by atoms with Crippen molar-refractivity contribution in [3.05, 3.63) is 250 Å². The Morgan fingerprint density at radius 2 is 1.13 bits per heavy atom. The third-order valence-corrected chi connectivity index (χ3v) is 13.3. The van der Waals surface area contributed by atoms with Gasteiger partial charge in [0.15, 0.2) is 5.84 Å². The molecule has 0 N–H and O–H groups in total. The lowest BCUT2D eigenvalue weighted by Gasteiger charge is -2.47. The summed E-state index contributed by atoms with van der Waals surface area (Å²) in [6.07, 6.45) is 10.8. The zero-order valence-electron chi connectivity index (χ0n) is 35.4. The van der Waals surface area contributed by atoms with Crippen molar-refractivity contribution in [1.82, 2.24) is 0 Å². The van der Waals surface area contributed by atoms with Gasteiger partial charge in [0.05, 0.1) is 11.1 Å². The highest BCUT2D eigenvalue weighted by atomic mass is 14.9. The molecule has 296 valence electrons. The van der Waals surface area contributed by atoms with Gasteiger partial charge >= 0.3 is 0 Å². The van der Waals surface area contributed by atoms with Crippen LogP contribution in [0.1, 0.15) is 90.6 Å². The average Bonchev–Trinajstić information content (AvgIpc) is 3.62. The van der Waals surface area contributed by atoms with Crippen molar-refractivity contribution in [2.75, 3.05) is 0 Å². The average molecular weight is 787 g/mol. The molecule has 0 bridgehead atoms. The van der Waals surface area contributed by atoms with Crippen LogP contribution in [-0.4, -0.2) is 11.5 Å². The molecule has 2 heteroatoms. The zero-order valence-corrected chi connectivity index (χ0v) is 35.4. The van der Waals surface area contributed by atoms with Crippen molar-refractivity contribution in [1.29, 1.82) is 0 Å². The second-order valence-electron chi connectivity index (χ2n) is 17.0. The molecule has 2 nitrogen and oxygen atoms in total. The summed E-state index contributed by atoms with van der Waals surface area (Å²) < 4.78 is 0. The lowest BCUT2D eigenvalue weighted by Crippen LogP contribution is -2.41. The van der Waals surface area contributed by atoms with E-state index >= 15 is 0 Å². The first kappa shape index (κ1) is 38.3. The van der Waals surface area contributed by atoms with Gasteiger partial charge < -0.3 is 0 Å². The van der Waals surface area contributed by atoms with E-state index in [4.69, 9.17) is 9.98 Å². The Kier molecular flexibility index (Phi) is 9.80. The Morgan fingerprint density at radius 3 is 1.82 bits per heavy atom. The SMILES string of the molecule is C/C=C(/N=C(N=C(CC)C1C=C(c2ccccc2)C=CC1)c1ccccc1)c1cccc(-c2cccc3c2C(C)(C)c2ccccc2C32c3ccccc3-c3ccccc32)c1. The molecular formula is C59H50N2. The van der Waals surface area contributed by atoms with Crippen LogP contribution in [0.25, 0.3) is 33.5 Å². The van der Waals surface area contributed by atoms with E-state index in [2.05, 4.69) is 228 Å². The minimum absolute atomic E-state index is 0.191. The maximum atomic E-state index is 5.43. The normalized spacial score (nSPS) is 17.3. The molecule has 3 aliphatic rings. The second kappa shape index (κ2) is 15.6. The van der Waals surface area contributed by atoms with Crippen LogP contribution in [0.15, 0.2) is 210 Å². The standard InChI is InChI=1S/C59H50N2/c1-5-54(44-28-19-26-42(38-44)40-22-9-7-10-23-40)60-57(41-24-11-8-12-25-41)61-55(6-2)45-29-20-27-43(39-45)46-32-21-37-53-56(46)58(3,4)51-35-17-18-36-52(51)59(53)49-33-15-13-30-47(49)48-31-14-16-34-50(48)59/h6-27,29-39,44H,5,28H2,1-4H3/b55-6+,60-54?,61-57?. The molecule has 0 aromatic heterocycles. The number of hydrogen-bond donors (Lipinski definition) is 0. The molecule has 0 fully saturated rings. The molecule has 3 aliphatic carbocycles. The van der Waals surface area contributed by atoms with Crippen molar-refractivity contribution < 1.29 is 0 Å². The summed E-state index contributed by atoms with van der Waals surface area (Å²) in [6, 6.07) is 64.4. The van der Waals surface area contributed by atoms with Crippen LogP contribution >= 0.6 is 0 Å². The molecule has 0 saturated heterocycles. The van der Waals surface area contributed by atoms with E-state index in [0.29, 0.717) is 0 Å². The molecule has 10 rings (SSSR count). The molecule has 0 amide bonds. The Bertz CT molecular complexity index is 2910.